The zero-order valence-electron chi connectivity index (χ0n) is 17.8. The molecule has 0 aliphatic carbocycles. The second-order valence-electron chi connectivity index (χ2n) is 8.18. The van der Waals surface area contributed by atoms with Gasteiger partial charge in [-0.2, -0.15) is 0 Å². The number of fused-ring (bicyclic) bond motifs is 1. The van der Waals surface area contributed by atoms with Gasteiger partial charge >= 0.3 is 5.97 Å². The Labute approximate surface area is 181 Å². The van der Waals surface area contributed by atoms with E-state index in [-0.39, 0.29) is 25.2 Å². The Kier molecular flexibility index (Phi) is 7.20. The minimum Gasteiger partial charge on any atom is -0.481 e. The quantitative estimate of drug-likeness (QED) is 0.453. The van der Waals surface area contributed by atoms with E-state index in [2.05, 4.69) is 0 Å². The average Bonchev–Trinajstić information content (AvgIpc) is 2.99. The molecule has 2 aliphatic rings. The molecule has 0 spiro atoms. The maximum Gasteiger partial charge on any atom is 0.303 e. The van der Waals surface area contributed by atoms with Crippen LogP contribution in [0.15, 0.2) is 18.2 Å². The molecule has 166 valence electrons. The van der Waals surface area contributed by atoms with Crippen molar-refractivity contribution in [2.75, 3.05) is 7.05 Å². The van der Waals surface area contributed by atoms with Crippen LogP contribution in [-0.2, 0) is 20.8 Å². The van der Waals surface area contributed by atoms with Gasteiger partial charge in [-0.15, -0.1) is 0 Å². The fraction of sp³-hybridized carbons (Fsp3) is 0.522. The van der Waals surface area contributed by atoms with Crippen LogP contribution in [0.3, 0.4) is 0 Å². The number of carbonyl (C=O) groups is 5. The summed E-state index contributed by atoms with van der Waals surface area (Å²) < 4.78 is 0. The Hall–Kier alpha value is -3.03. The molecule has 0 radical (unpaired) electrons. The number of rotatable bonds is 10. The summed E-state index contributed by atoms with van der Waals surface area (Å²) in [6, 6.07) is 4.28. The summed E-state index contributed by atoms with van der Waals surface area (Å²) in [6.07, 6.45) is 6.50. The maximum absolute atomic E-state index is 13.1. The summed E-state index contributed by atoms with van der Waals surface area (Å²) in [5.74, 6) is -2.51. The lowest BCUT2D eigenvalue weighted by Crippen LogP contribution is -2.54. The first-order valence-electron chi connectivity index (χ1n) is 10.8. The van der Waals surface area contributed by atoms with Crippen LogP contribution in [0.2, 0.25) is 0 Å². The van der Waals surface area contributed by atoms with Crippen molar-refractivity contribution >= 4 is 29.6 Å². The average molecular weight is 428 g/mol. The van der Waals surface area contributed by atoms with Crippen molar-refractivity contribution in [1.29, 1.82) is 0 Å². The van der Waals surface area contributed by atoms with Crippen LogP contribution in [0.5, 0.6) is 0 Å². The Morgan fingerprint density at radius 2 is 1.68 bits per heavy atom. The first kappa shape index (κ1) is 22.7. The molecule has 1 saturated heterocycles. The predicted molar refractivity (Wildman–Crippen MR) is 111 cm³/mol. The molecule has 1 aromatic carbocycles. The highest BCUT2D eigenvalue weighted by Crippen LogP contribution is 2.31. The monoisotopic (exact) mass is 428 g/mol. The molecule has 2 aliphatic heterocycles. The lowest BCUT2D eigenvalue weighted by Gasteiger charge is -2.32. The fourth-order valence-corrected chi connectivity index (χ4v) is 4.30. The van der Waals surface area contributed by atoms with E-state index in [0.717, 1.165) is 47.5 Å². The predicted octanol–water partition coefficient (Wildman–Crippen LogP) is 2.79. The topological polar surface area (TPSA) is 112 Å². The van der Waals surface area contributed by atoms with Crippen LogP contribution in [0.25, 0.3) is 0 Å². The van der Waals surface area contributed by atoms with Gasteiger partial charge in [-0.1, -0.05) is 37.8 Å². The highest BCUT2D eigenvalue weighted by Gasteiger charge is 2.46. The second kappa shape index (κ2) is 9.85. The summed E-state index contributed by atoms with van der Waals surface area (Å²) in [4.78, 5) is 62.9. The summed E-state index contributed by atoms with van der Waals surface area (Å²) in [6.45, 7) is 0. The number of benzene rings is 1. The minimum atomic E-state index is -0.936. The molecule has 0 bridgehead atoms. The molecule has 8 heteroatoms. The maximum atomic E-state index is 13.1. The van der Waals surface area contributed by atoms with Gasteiger partial charge in [-0.25, -0.2) is 0 Å². The molecule has 1 atom stereocenters. The van der Waals surface area contributed by atoms with Crippen LogP contribution < -0.4 is 0 Å². The summed E-state index contributed by atoms with van der Waals surface area (Å²) in [5.41, 5.74) is 1.50. The number of hydrogen-bond acceptors (Lipinski definition) is 5. The normalized spacial score (nSPS) is 18.7. The van der Waals surface area contributed by atoms with E-state index in [1.54, 1.807) is 12.1 Å². The largest absolute Gasteiger partial charge is 0.481 e. The highest BCUT2D eigenvalue weighted by molar-refractivity contribution is 6.24. The van der Waals surface area contributed by atoms with Gasteiger partial charge in [-0.3, -0.25) is 33.8 Å². The van der Waals surface area contributed by atoms with Crippen molar-refractivity contribution < 1.29 is 29.1 Å². The minimum absolute atomic E-state index is 0.125. The number of carboxylic acids is 1. The number of imide groups is 2. The van der Waals surface area contributed by atoms with Gasteiger partial charge in [0.15, 0.2) is 0 Å². The van der Waals surface area contributed by atoms with Gasteiger partial charge in [0.25, 0.3) is 17.7 Å². The van der Waals surface area contributed by atoms with Gasteiger partial charge in [0.05, 0.1) is 11.1 Å². The number of unbranched alkanes of at least 4 members (excludes halogenated alkanes) is 5. The number of carbonyl (C=O) groups excluding carboxylic acids is 4. The third-order valence-electron chi connectivity index (χ3n) is 6.05. The molecular formula is C23H28N2O6. The van der Waals surface area contributed by atoms with Crippen molar-refractivity contribution in [3.05, 3.63) is 34.9 Å². The molecule has 4 amide bonds. The molecule has 1 fully saturated rings. The molecule has 2 heterocycles. The summed E-state index contributed by atoms with van der Waals surface area (Å²) in [5, 5.41) is 8.65. The number of aliphatic carboxylic acids is 1. The van der Waals surface area contributed by atoms with E-state index in [9.17, 15) is 24.0 Å². The number of amides is 4. The van der Waals surface area contributed by atoms with Crippen LogP contribution >= 0.6 is 0 Å². The highest BCUT2D eigenvalue weighted by atomic mass is 16.4. The fourth-order valence-electron chi connectivity index (χ4n) is 4.30. The number of hydrogen-bond donors (Lipinski definition) is 1. The van der Waals surface area contributed by atoms with E-state index < -0.39 is 29.7 Å². The van der Waals surface area contributed by atoms with Crippen molar-refractivity contribution in [1.82, 2.24) is 9.80 Å². The van der Waals surface area contributed by atoms with Gasteiger partial charge in [0.1, 0.15) is 6.04 Å². The Balaban J connectivity index is 1.60. The lowest BCUT2D eigenvalue weighted by molar-refractivity contribution is -0.149. The van der Waals surface area contributed by atoms with Crippen LogP contribution in [-0.4, -0.2) is 57.6 Å². The zero-order valence-corrected chi connectivity index (χ0v) is 17.8. The third kappa shape index (κ3) is 4.84. The third-order valence-corrected chi connectivity index (χ3v) is 6.05. The first-order valence-corrected chi connectivity index (χ1v) is 10.8. The Morgan fingerprint density at radius 3 is 2.39 bits per heavy atom. The van der Waals surface area contributed by atoms with E-state index >= 15 is 0 Å². The lowest BCUT2D eigenvalue weighted by atomic mass is 9.97. The SMILES string of the molecule is CN1C(=O)CCC(N2C(=O)c3cccc(CCCCCCCCC(=O)O)c3C2=O)C1=O. The summed E-state index contributed by atoms with van der Waals surface area (Å²) >= 11 is 0. The standard InChI is InChI=1S/C23H28N2O6/c1-24-18(26)14-13-17(22(24)30)25-21(29)16-11-8-10-15(20(16)23(25)31)9-6-4-2-3-5-7-12-19(27)28/h8,10-11,17H,2-7,9,12-14H2,1H3,(H,27,28). The van der Waals surface area contributed by atoms with Gasteiger partial charge in [0.2, 0.25) is 5.91 Å². The Bertz CT molecular complexity index is 909. The van der Waals surface area contributed by atoms with Crippen molar-refractivity contribution in [2.24, 2.45) is 0 Å². The molecular weight excluding hydrogens is 400 g/mol. The first-order chi connectivity index (χ1) is 14.8. The van der Waals surface area contributed by atoms with Gasteiger partial charge in [-0.05, 0) is 37.3 Å². The van der Waals surface area contributed by atoms with Crippen LogP contribution in [0.4, 0.5) is 0 Å². The Morgan fingerprint density at radius 1 is 1.00 bits per heavy atom. The molecule has 0 saturated carbocycles. The number of carboxylic acid groups (broad SMARTS) is 1. The number of likely N-dealkylation sites (tertiary alicyclic amines) is 1. The van der Waals surface area contributed by atoms with Crippen LogP contribution in [0.1, 0.15) is 84.1 Å². The molecule has 3 rings (SSSR count). The van der Waals surface area contributed by atoms with Crippen molar-refractivity contribution in [2.45, 2.75) is 70.3 Å². The second-order valence-corrected chi connectivity index (χ2v) is 8.18. The number of likely N-dealkylation sites (N-methyl/N-ethyl adjacent to an activating group) is 1. The van der Waals surface area contributed by atoms with Gasteiger partial charge < -0.3 is 5.11 Å². The van der Waals surface area contributed by atoms with E-state index in [1.807, 2.05) is 6.07 Å². The molecule has 1 N–H and O–H groups in total. The molecule has 1 aromatic rings. The molecule has 1 unspecified atom stereocenters. The van der Waals surface area contributed by atoms with Crippen LogP contribution in [0, 0.1) is 0 Å². The molecule has 8 nitrogen and oxygen atoms in total. The van der Waals surface area contributed by atoms with E-state index in [1.165, 1.54) is 7.05 Å². The number of nitrogens with zero attached hydrogens (tertiary/aromatic N) is 2. The number of piperidine rings is 1. The summed E-state index contributed by atoms with van der Waals surface area (Å²) in [7, 11) is 1.38. The van der Waals surface area contributed by atoms with Gasteiger partial charge in [0, 0.05) is 19.9 Å². The molecule has 31 heavy (non-hydrogen) atoms. The smallest absolute Gasteiger partial charge is 0.303 e. The van der Waals surface area contributed by atoms with E-state index in [0.29, 0.717) is 24.0 Å². The van der Waals surface area contributed by atoms with Crippen molar-refractivity contribution in [3.63, 3.8) is 0 Å². The zero-order chi connectivity index (χ0) is 22.5. The molecule has 0 aromatic heterocycles. The van der Waals surface area contributed by atoms with Crippen molar-refractivity contribution in [3.8, 4) is 0 Å². The number of aryl methyl sites for hydroxylation is 1. The van der Waals surface area contributed by atoms with E-state index in [4.69, 9.17) is 5.11 Å².